The minimum atomic E-state index is 0.197. The minimum absolute atomic E-state index is 0.197. The van der Waals surface area contributed by atoms with Crippen molar-refractivity contribution in [2.75, 3.05) is 5.32 Å². The molecule has 106 valence electrons. The zero-order valence-electron chi connectivity index (χ0n) is 12.1. The normalized spacial score (nSPS) is 12.1. The molecule has 1 aromatic heterocycles. The maximum atomic E-state index is 3.96. The number of para-hydroxylation sites is 2. The summed E-state index contributed by atoms with van der Waals surface area (Å²) < 4.78 is 1.66. The van der Waals surface area contributed by atoms with Crippen LogP contribution in [0.2, 0.25) is 0 Å². The predicted molar refractivity (Wildman–Crippen MR) is 82.4 cm³/mol. The Morgan fingerprint density at radius 3 is 2.71 bits per heavy atom. The van der Waals surface area contributed by atoms with Gasteiger partial charge in [-0.1, -0.05) is 42.0 Å². The molecule has 0 bridgehead atoms. The first-order valence-electron chi connectivity index (χ1n) is 6.89. The molecular weight excluding hydrogens is 262 g/mol. The molecule has 1 atom stereocenters. The van der Waals surface area contributed by atoms with E-state index in [0.29, 0.717) is 0 Å². The molecule has 2 aromatic carbocycles. The van der Waals surface area contributed by atoms with E-state index < -0.39 is 0 Å². The van der Waals surface area contributed by atoms with E-state index in [4.69, 9.17) is 0 Å². The molecule has 0 saturated carbocycles. The second-order valence-electron chi connectivity index (χ2n) is 5.05. The van der Waals surface area contributed by atoms with Crippen molar-refractivity contribution >= 4 is 5.69 Å². The maximum Gasteiger partial charge on any atom is 0.143 e. The molecule has 0 aliphatic carbocycles. The summed E-state index contributed by atoms with van der Waals surface area (Å²) in [5.74, 6) is 0. The van der Waals surface area contributed by atoms with E-state index in [-0.39, 0.29) is 6.04 Å². The van der Waals surface area contributed by atoms with Gasteiger partial charge in [-0.05, 0) is 42.0 Å². The Labute approximate surface area is 123 Å². The smallest absolute Gasteiger partial charge is 0.143 e. The van der Waals surface area contributed by atoms with Crippen molar-refractivity contribution in [3.05, 3.63) is 66.0 Å². The first-order chi connectivity index (χ1) is 10.2. The summed E-state index contributed by atoms with van der Waals surface area (Å²) in [6, 6.07) is 16.7. The second-order valence-corrected chi connectivity index (χ2v) is 5.05. The van der Waals surface area contributed by atoms with Gasteiger partial charge >= 0.3 is 0 Å². The Bertz CT molecular complexity index is 721. The number of nitrogens with one attached hydrogen (secondary N) is 1. The van der Waals surface area contributed by atoms with Crippen LogP contribution in [0.25, 0.3) is 5.69 Å². The van der Waals surface area contributed by atoms with E-state index in [1.165, 1.54) is 11.1 Å². The molecule has 21 heavy (non-hydrogen) atoms. The molecule has 0 aliphatic heterocycles. The van der Waals surface area contributed by atoms with Crippen LogP contribution in [0.1, 0.15) is 24.1 Å². The van der Waals surface area contributed by atoms with E-state index in [1.807, 2.05) is 24.3 Å². The lowest BCUT2D eigenvalue weighted by atomic mass is 10.1. The molecule has 0 aliphatic rings. The number of nitrogens with zero attached hydrogens (tertiary/aromatic N) is 4. The van der Waals surface area contributed by atoms with Gasteiger partial charge in [0.15, 0.2) is 0 Å². The summed E-state index contributed by atoms with van der Waals surface area (Å²) in [6.45, 7) is 4.25. The monoisotopic (exact) mass is 279 g/mol. The first kappa shape index (κ1) is 13.3. The number of aryl methyl sites for hydroxylation is 1. The third-order valence-electron chi connectivity index (χ3n) is 3.41. The van der Waals surface area contributed by atoms with Crippen molar-refractivity contribution in [2.45, 2.75) is 19.9 Å². The molecule has 5 heteroatoms. The summed E-state index contributed by atoms with van der Waals surface area (Å²) in [5, 5.41) is 14.9. The van der Waals surface area contributed by atoms with Gasteiger partial charge in [0, 0.05) is 6.04 Å². The number of hydrogen-bond donors (Lipinski definition) is 1. The lowest BCUT2D eigenvalue weighted by Gasteiger charge is -2.18. The van der Waals surface area contributed by atoms with Gasteiger partial charge in [-0.25, -0.2) is 0 Å². The highest BCUT2D eigenvalue weighted by atomic mass is 15.5. The van der Waals surface area contributed by atoms with Crippen LogP contribution in [0.3, 0.4) is 0 Å². The zero-order valence-corrected chi connectivity index (χ0v) is 12.1. The predicted octanol–water partition coefficient (Wildman–Crippen LogP) is 3.14. The van der Waals surface area contributed by atoms with Gasteiger partial charge in [0.1, 0.15) is 6.33 Å². The molecule has 5 nitrogen and oxygen atoms in total. The number of anilines is 1. The van der Waals surface area contributed by atoms with Crippen molar-refractivity contribution < 1.29 is 0 Å². The van der Waals surface area contributed by atoms with Crippen molar-refractivity contribution in [3.8, 4) is 5.69 Å². The summed E-state index contributed by atoms with van der Waals surface area (Å²) in [5.41, 5.74) is 4.44. The van der Waals surface area contributed by atoms with Gasteiger partial charge in [0.2, 0.25) is 0 Å². The molecule has 0 radical (unpaired) electrons. The quantitative estimate of drug-likeness (QED) is 0.797. The third kappa shape index (κ3) is 2.91. The highest BCUT2D eigenvalue weighted by Crippen LogP contribution is 2.24. The van der Waals surface area contributed by atoms with Gasteiger partial charge in [0.05, 0.1) is 11.4 Å². The van der Waals surface area contributed by atoms with E-state index in [0.717, 1.165) is 11.4 Å². The standard InChI is InChI=1S/C16H17N5/c1-12-6-5-7-14(10-12)13(2)18-15-8-3-4-9-16(15)21-11-17-19-20-21/h3-11,13,18H,1-2H3. The Kier molecular flexibility index (Phi) is 3.64. The Balaban J connectivity index is 1.88. The number of rotatable bonds is 4. The van der Waals surface area contributed by atoms with Crippen LogP contribution in [-0.4, -0.2) is 20.2 Å². The maximum absolute atomic E-state index is 3.96. The molecule has 1 heterocycles. The van der Waals surface area contributed by atoms with Crippen LogP contribution in [0.15, 0.2) is 54.9 Å². The Morgan fingerprint density at radius 2 is 1.95 bits per heavy atom. The largest absolute Gasteiger partial charge is 0.377 e. The Hall–Kier alpha value is -2.69. The third-order valence-corrected chi connectivity index (χ3v) is 3.41. The van der Waals surface area contributed by atoms with Crippen LogP contribution in [0, 0.1) is 6.92 Å². The number of tetrazole rings is 1. The van der Waals surface area contributed by atoms with Gasteiger partial charge in [0.25, 0.3) is 0 Å². The SMILES string of the molecule is Cc1cccc(C(C)Nc2ccccc2-n2cnnn2)c1. The average Bonchev–Trinajstić information content (AvgIpc) is 3.02. The van der Waals surface area contributed by atoms with Crippen LogP contribution >= 0.6 is 0 Å². The highest BCUT2D eigenvalue weighted by Gasteiger charge is 2.10. The van der Waals surface area contributed by atoms with Crippen LogP contribution < -0.4 is 5.32 Å². The molecule has 0 spiro atoms. The number of benzene rings is 2. The molecule has 0 fully saturated rings. The lowest BCUT2D eigenvalue weighted by Crippen LogP contribution is -2.09. The molecular formula is C16H17N5. The molecule has 0 saturated heterocycles. The van der Waals surface area contributed by atoms with Crippen molar-refractivity contribution in [1.29, 1.82) is 0 Å². The van der Waals surface area contributed by atoms with E-state index in [2.05, 4.69) is 59.0 Å². The Morgan fingerprint density at radius 1 is 1.10 bits per heavy atom. The number of aromatic nitrogens is 4. The van der Waals surface area contributed by atoms with Gasteiger partial charge in [-0.2, -0.15) is 4.68 Å². The molecule has 3 aromatic rings. The second kappa shape index (κ2) is 5.75. The molecule has 1 unspecified atom stereocenters. The summed E-state index contributed by atoms with van der Waals surface area (Å²) >= 11 is 0. The lowest BCUT2D eigenvalue weighted by molar-refractivity contribution is 0.785. The van der Waals surface area contributed by atoms with Crippen LogP contribution in [0.4, 0.5) is 5.69 Å². The first-order valence-corrected chi connectivity index (χ1v) is 6.89. The fourth-order valence-corrected chi connectivity index (χ4v) is 2.32. The van der Waals surface area contributed by atoms with E-state index in [9.17, 15) is 0 Å². The summed E-state index contributed by atoms with van der Waals surface area (Å²) in [6.07, 6.45) is 1.60. The van der Waals surface area contributed by atoms with Crippen LogP contribution in [-0.2, 0) is 0 Å². The number of hydrogen-bond acceptors (Lipinski definition) is 4. The summed E-state index contributed by atoms with van der Waals surface area (Å²) in [7, 11) is 0. The fourth-order valence-electron chi connectivity index (χ4n) is 2.32. The average molecular weight is 279 g/mol. The topological polar surface area (TPSA) is 55.6 Å². The van der Waals surface area contributed by atoms with Crippen molar-refractivity contribution in [3.63, 3.8) is 0 Å². The fraction of sp³-hybridized carbons (Fsp3) is 0.188. The minimum Gasteiger partial charge on any atom is -0.377 e. The van der Waals surface area contributed by atoms with E-state index in [1.54, 1.807) is 11.0 Å². The van der Waals surface area contributed by atoms with Gasteiger partial charge in [-0.15, -0.1) is 5.10 Å². The molecule has 0 amide bonds. The van der Waals surface area contributed by atoms with E-state index >= 15 is 0 Å². The molecule has 3 rings (SSSR count). The van der Waals surface area contributed by atoms with Gasteiger partial charge < -0.3 is 5.32 Å². The highest BCUT2D eigenvalue weighted by molar-refractivity contribution is 5.61. The van der Waals surface area contributed by atoms with Crippen molar-refractivity contribution in [2.24, 2.45) is 0 Å². The molecule has 1 N–H and O–H groups in total. The van der Waals surface area contributed by atoms with Crippen molar-refractivity contribution in [1.82, 2.24) is 20.2 Å². The van der Waals surface area contributed by atoms with Crippen LogP contribution in [0.5, 0.6) is 0 Å². The summed E-state index contributed by atoms with van der Waals surface area (Å²) in [4.78, 5) is 0. The van der Waals surface area contributed by atoms with Gasteiger partial charge in [-0.3, -0.25) is 0 Å². The zero-order chi connectivity index (χ0) is 14.7.